The SMILES string of the molecule is Nc1cc(O)c2sccc2c1C(F)F. The first-order valence-corrected chi connectivity index (χ1v) is 4.76. The highest BCUT2D eigenvalue weighted by Gasteiger charge is 2.18. The van der Waals surface area contributed by atoms with Gasteiger partial charge in [-0.25, -0.2) is 8.78 Å². The van der Waals surface area contributed by atoms with Crippen LogP contribution < -0.4 is 5.73 Å². The lowest BCUT2D eigenvalue weighted by atomic mass is 10.1. The molecule has 3 N–H and O–H groups in total. The molecule has 0 radical (unpaired) electrons. The van der Waals surface area contributed by atoms with Crippen LogP contribution in [-0.2, 0) is 0 Å². The lowest BCUT2D eigenvalue weighted by molar-refractivity contribution is 0.154. The number of phenolic OH excluding ortho intramolecular Hbond substituents is 1. The topological polar surface area (TPSA) is 46.2 Å². The standard InChI is InChI=1S/C9H7F2NOS/c10-9(11)7-4-1-2-14-8(4)6(13)3-5(7)12/h1-3,9,13H,12H2. The molecule has 1 aromatic heterocycles. The van der Waals surface area contributed by atoms with Crippen molar-refractivity contribution in [2.45, 2.75) is 6.43 Å². The number of phenols is 1. The lowest BCUT2D eigenvalue weighted by Gasteiger charge is -2.07. The number of nitrogen functional groups attached to an aromatic ring is 1. The largest absolute Gasteiger partial charge is 0.506 e. The molecule has 5 heteroatoms. The van der Waals surface area contributed by atoms with Crippen LogP contribution in [0.4, 0.5) is 14.5 Å². The molecule has 0 bridgehead atoms. The van der Waals surface area contributed by atoms with Crippen LogP contribution in [0.25, 0.3) is 10.1 Å². The van der Waals surface area contributed by atoms with E-state index in [0.717, 1.165) is 0 Å². The Morgan fingerprint density at radius 2 is 2.14 bits per heavy atom. The van der Waals surface area contributed by atoms with Gasteiger partial charge in [0.2, 0.25) is 0 Å². The van der Waals surface area contributed by atoms with E-state index in [4.69, 9.17) is 5.73 Å². The molecule has 0 saturated heterocycles. The summed E-state index contributed by atoms with van der Waals surface area (Å²) in [5.74, 6) is -0.0445. The zero-order chi connectivity index (χ0) is 10.3. The number of rotatable bonds is 1. The van der Waals surface area contributed by atoms with E-state index in [1.807, 2.05) is 0 Å². The molecule has 0 unspecified atom stereocenters. The Kier molecular flexibility index (Phi) is 2.03. The zero-order valence-corrected chi connectivity index (χ0v) is 7.81. The molecule has 0 aliphatic carbocycles. The first-order valence-electron chi connectivity index (χ1n) is 3.88. The van der Waals surface area contributed by atoms with Gasteiger partial charge in [-0.15, -0.1) is 11.3 Å². The second-order valence-electron chi connectivity index (χ2n) is 2.86. The summed E-state index contributed by atoms with van der Waals surface area (Å²) in [6.07, 6.45) is -2.62. The number of aromatic hydroxyl groups is 1. The third-order valence-corrected chi connectivity index (χ3v) is 2.95. The maximum absolute atomic E-state index is 12.6. The minimum absolute atomic E-state index is 0.0445. The number of hydrogen-bond donors (Lipinski definition) is 2. The molecule has 74 valence electrons. The molecular formula is C9H7F2NOS. The zero-order valence-electron chi connectivity index (χ0n) is 7.00. The van der Waals surface area contributed by atoms with E-state index in [1.54, 1.807) is 5.38 Å². The van der Waals surface area contributed by atoms with Gasteiger partial charge in [0.05, 0.1) is 4.70 Å². The fourth-order valence-electron chi connectivity index (χ4n) is 1.41. The highest BCUT2D eigenvalue weighted by molar-refractivity contribution is 7.17. The normalized spacial score (nSPS) is 11.4. The van der Waals surface area contributed by atoms with Gasteiger partial charge in [-0.05, 0) is 11.4 Å². The second-order valence-corrected chi connectivity index (χ2v) is 3.78. The summed E-state index contributed by atoms with van der Waals surface area (Å²) >= 11 is 1.22. The van der Waals surface area contributed by atoms with Crippen molar-refractivity contribution in [2.75, 3.05) is 5.73 Å². The van der Waals surface area contributed by atoms with Crippen LogP contribution in [0.5, 0.6) is 5.75 Å². The Morgan fingerprint density at radius 1 is 1.43 bits per heavy atom. The fraction of sp³-hybridized carbons (Fsp3) is 0.111. The number of nitrogens with two attached hydrogens (primary N) is 1. The summed E-state index contributed by atoms with van der Waals surface area (Å²) in [6.45, 7) is 0. The van der Waals surface area contributed by atoms with Crippen LogP contribution in [0.15, 0.2) is 17.5 Å². The smallest absolute Gasteiger partial charge is 0.266 e. The molecule has 14 heavy (non-hydrogen) atoms. The molecule has 0 saturated carbocycles. The average Bonchev–Trinajstić information content (AvgIpc) is 2.51. The molecular weight excluding hydrogens is 208 g/mol. The first kappa shape index (κ1) is 9.21. The maximum atomic E-state index is 12.6. The Bertz CT molecular complexity index is 481. The van der Waals surface area contributed by atoms with Gasteiger partial charge >= 0.3 is 0 Å². The van der Waals surface area contributed by atoms with Gasteiger partial charge in [0.25, 0.3) is 6.43 Å². The van der Waals surface area contributed by atoms with Crippen LogP contribution in [0.1, 0.15) is 12.0 Å². The number of hydrogen-bond acceptors (Lipinski definition) is 3. The predicted molar refractivity (Wildman–Crippen MR) is 52.9 cm³/mol. The Morgan fingerprint density at radius 3 is 2.79 bits per heavy atom. The van der Waals surface area contributed by atoms with Crippen molar-refractivity contribution in [2.24, 2.45) is 0 Å². The van der Waals surface area contributed by atoms with E-state index in [2.05, 4.69) is 0 Å². The van der Waals surface area contributed by atoms with Crippen molar-refractivity contribution >= 4 is 27.1 Å². The molecule has 2 nitrogen and oxygen atoms in total. The molecule has 0 spiro atoms. The monoisotopic (exact) mass is 215 g/mol. The van der Waals surface area contributed by atoms with Crippen LogP contribution >= 0.6 is 11.3 Å². The molecule has 0 atom stereocenters. The molecule has 1 aromatic carbocycles. The van der Waals surface area contributed by atoms with Crippen LogP contribution in [0.2, 0.25) is 0 Å². The summed E-state index contributed by atoms with van der Waals surface area (Å²) in [6, 6.07) is 2.71. The highest BCUT2D eigenvalue weighted by Crippen LogP contribution is 2.40. The van der Waals surface area contributed by atoms with E-state index in [9.17, 15) is 13.9 Å². The maximum Gasteiger partial charge on any atom is 0.266 e. The van der Waals surface area contributed by atoms with Crippen molar-refractivity contribution in [1.29, 1.82) is 0 Å². The number of thiophene rings is 1. The number of alkyl halides is 2. The van der Waals surface area contributed by atoms with Crippen molar-refractivity contribution in [3.63, 3.8) is 0 Å². The molecule has 2 aromatic rings. The van der Waals surface area contributed by atoms with Gasteiger partial charge in [0, 0.05) is 22.7 Å². The summed E-state index contributed by atoms with van der Waals surface area (Å²) in [5, 5.41) is 11.4. The lowest BCUT2D eigenvalue weighted by Crippen LogP contribution is -1.94. The Labute approximate surface area is 82.6 Å². The quantitative estimate of drug-likeness (QED) is 0.718. The molecule has 0 aliphatic rings. The van der Waals surface area contributed by atoms with Crippen molar-refractivity contribution < 1.29 is 13.9 Å². The van der Waals surface area contributed by atoms with E-state index < -0.39 is 6.43 Å². The highest BCUT2D eigenvalue weighted by atomic mass is 32.1. The third kappa shape index (κ3) is 1.21. The van der Waals surface area contributed by atoms with Gasteiger partial charge in [-0.1, -0.05) is 0 Å². The molecule has 0 aliphatic heterocycles. The Balaban J connectivity index is 2.86. The first-order chi connectivity index (χ1) is 6.61. The minimum Gasteiger partial charge on any atom is -0.506 e. The average molecular weight is 215 g/mol. The number of halogens is 2. The van der Waals surface area contributed by atoms with E-state index in [0.29, 0.717) is 10.1 Å². The van der Waals surface area contributed by atoms with Gasteiger partial charge in [0.1, 0.15) is 5.75 Å². The molecule has 0 amide bonds. The molecule has 0 fully saturated rings. The van der Waals surface area contributed by atoms with Gasteiger partial charge in [-0.2, -0.15) is 0 Å². The van der Waals surface area contributed by atoms with Gasteiger partial charge in [-0.3, -0.25) is 0 Å². The minimum atomic E-state index is -2.62. The van der Waals surface area contributed by atoms with Crippen LogP contribution in [0.3, 0.4) is 0 Å². The Hall–Kier alpha value is -1.36. The van der Waals surface area contributed by atoms with Gasteiger partial charge < -0.3 is 10.8 Å². The summed E-state index contributed by atoms with van der Waals surface area (Å²) in [7, 11) is 0. The molecule has 2 rings (SSSR count). The number of benzene rings is 1. The van der Waals surface area contributed by atoms with E-state index in [1.165, 1.54) is 23.5 Å². The van der Waals surface area contributed by atoms with E-state index >= 15 is 0 Å². The second kappa shape index (κ2) is 3.09. The third-order valence-electron chi connectivity index (χ3n) is 2.01. The predicted octanol–water partition coefficient (Wildman–Crippen LogP) is 3.13. The summed E-state index contributed by atoms with van der Waals surface area (Å²) < 4.78 is 25.7. The van der Waals surface area contributed by atoms with Crippen molar-refractivity contribution in [3.8, 4) is 5.75 Å². The fourth-order valence-corrected chi connectivity index (χ4v) is 2.23. The summed E-state index contributed by atoms with van der Waals surface area (Å²) in [5.41, 5.74) is 5.15. The van der Waals surface area contributed by atoms with Crippen molar-refractivity contribution in [1.82, 2.24) is 0 Å². The number of fused-ring (bicyclic) bond motifs is 1. The summed E-state index contributed by atoms with van der Waals surface area (Å²) in [4.78, 5) is 0. The van der Waals surface area contributed by atoms with Gasteiger partial charge in [0.15, 0.2) is 0 Å². The number of anilines is 1. The van der Waals surface area contributed by atoms with Crippen LogP contribution in [-0.4, -0.2) is 5.11 Å². The van der Waals surface area contributed by atoms with Crippen molar-refractivity contribution in [3.05, 3.63) is 23.1 Å². The van der Waals surface area contributed by atoms with E-state index in [-0.39, 0.29) is 17.0 Å². The van der Waals surface area contributed by atoms with Crippen LogP contribution in [0, 0.1) is 0 Å². The molecule has 1 heterocycles.